The first-order valence-corrected chi connectivity index (χ1v) is 11.4. The molecule has 0 spiro atoms. The number of hydrogen-bond donors (Lipinski definition) is 1. The van der Waals surface area contributed by atoms with E-state index in [0.29, 0.717) is 26.1 Å². The van der Waals surface area contributed by atoms with E-state index >= 15 is 0 Å². The van der Waals surface area contributed by atoms with Crippen LogP contribution in [-0.2, 0) is 17.8 Å². The predicted molar refractivity (Wildman–Crippen MR) is 130 cm³/mol. The van der Waals surface area contributed by atoms with Crippen LogP contribution < -0.4 is 0 Å². The number of benzene rings is 3. The second-order valence-corrected chi connectivity index (χ2v) is 8.89. The van der Waals surface area contributed by atoms with Gasteiger partial charge in [0.15, 0.2) is 0 Å². The smallest absolute Gasteiger partial charge is 0.145 e. The summed E-state index contributed by atoms with van der Waals surface area (Å²) in [5.74, 6) is 0. The van der Waals surface area contributed by atoms with Crippen molar-refractivity contribution < 1.29 is 9.94 Å². The molecule has 3 aromatic carbocycles. The SMILES string of the molecule is Cc1ccccc1C1=NOC(CN(Cc2cccc(Cl)c2)CC(O)Cc2ccccc2)C1. The molecule has 0 saturated carbocycles. The first kappa shape index (κ1) is 22.5. The molecule has 4 nitrogen and oxygen atoms in total. The highest BCUT2D eigenvalue weighted by Crippen LogP contribution is 2.21. The van der Waals surface area contributed by atoms with Crippen LogP contribution in [0.25, 0.3) is 0 Å². The lowest BCUT2D eigenvalue weighted by molar-refractivity contribution is 0.0322. The van der Waals surface area contributed by atoms with Gasteiger partial charge >= 0.3 is 0 Å². The first-order valence-electron chi connectivity index (χ1n) is 11.0. The average Bonchev–Trinajstić information content (AvgIpc) is 3.23. The van der Waals surface area contributed by atoms with Gasteiger partial charge in [0.05, 0.1) is 11.8 Å². The van der Waals surface area contributed by atoms with E-state index in [1.165, 1.54) is 5.56 Å². The number of oxime groups is 1. The van der Waals surface area contributed by atoms with E-state index in [-0.39, 0.29) is 6.10 Å². The number of nitrogens with zero attached hydrogens (tertiary/aromatic N) is 2. The highest BCUT2D eigenvalue weighted by molar-refractivity contribution is 6.30. The van der Waals surface area contributed by atoms with Crippen LogP contribution in [-0.4, -0.2) is 41.0 Å². The fourth-order valence-corrected chi connectivity index (χ4v) is 4.43. The molecule has 1 N–H and O–H groups in total. The van der Waals surface area contributed by atoms with E-state index in [1.807, 2.05) is 60.7 Å². The number of aryl methyl sites for hydroxylation is 1. The molecule has 0 saturated heterocycles. The zero-order valence-corrected chi connectivity index (χ0v) is 19.1. The van der Waals surface area contributed by atoms with E-state index in [4.69, 9.17) is 16.4 Å². The van der Waals surface area contributed by atoms with Gasteiger partial charge in [0.2, 0.25) is 0 Å². The molecule has 0 aromatic heterocycles. The molecule has 2 unspecified atom stereocenters. The lowest BCUT2D eigenvalue weighted by Crippen LogP contribution is -2.38. The monoisotopic (exact) mass is 448 g/mol. The molecule has 4 rings (SSSR count). The quantitative estimate of drug-likeness (QED) is 0.486. The van der Waals surface area contributed by atoms with Gasteiger partial charge in [-0.15, -0.1) is 0 Å². The summed E-state index contributed by atoms with van der Waals surface area (Å²) < 4.78 is 0. The fraction of sp³-hybridized carbons (Fsp3) is 0.296. The van der Waals surface area contributed by atoms with Gasteiger partial charge in [-0.05, 0) is 42.2 Å². The minimum absolute atomic E-state index is 0.0484. The molecule has 2 atom stereocenters. The van der Waals surface area contributed by atoms with Crippen LogP contribution in [0.4, 0.5) is 0 Å². The summed E-state index contributed by atoms with van der Waals surface area (Å²) in [6, 6.07) is 26.2. The summed E-state index contributed by atoms with van der Waals surface area (Å²) in [6.07, 6.45) is 0.845. The molecule has 1 aliphatic rings. The second-order valence-electron chi connectivity index (χ2n) is 8.45. The Hall–Kier alpha value is -2.66. The Morgan fingerprint density at radius 2 is 1.78 bits per heavy atom. The third kappa shape index (κ3) is 6.19. The largest absolute Gasteiger partial charge is 0.391 e. The molecule has 0 bridgehead atoms. The summed E-state index contributed by atoms with van der Waals surface area (Å²) >= 11 is 6.20. The maximum absolute atomic E-state index is 10.8. The highest BCUT2D eigenvalue weighted by Gasteiger charge is 2.26. The van der Waals surface area contributed by atoms with Crippen LogP contribution in [0.15, 0.2) is 84.0 Å². The lowest BCUT2D eigenvalue weighted by atomic mass is 10.00. The van der Waals surface area contributed by atoms with Crippen molar-refractivity contribution >= 4 is 17.3 Å². The molecule has 0 radical (unpaired) electrons. The summed E-state index contributed by atoms with van der Waals surface area (Å²) in [6.45, 7) is 4.00. The third-order valence-corrected chi connectivity index (χ3v) is 5.96. The van der Waals surface area contributed by atoms with Gasteiger partial charge in [-0.25, -0.2) is 0 Å². The molecule has 0 aliphatic carbocycles. The Morgan fingerprint density at radius 1 is 1.03 bits per heavy atom. The number of halogens is 1. The Balaban J connectivity index is 1.42. The molecule has 3 aromatic rings. The van der Waals surface area contributed by atoms with Crippen molar-refractivity contribution in [3.05, 3.63) is 106 Å². The first-order chi connectivity index (χ1) is 15.6. The van der Waals surface area contributed by atoms with Crippen LogP contribution in [0.1, 0.15) is 28.7 Å². The number of hydrogen-bond acceptors (Lipinski definition) is 4. The van der Waals surface area contributed by atoms with E-state index in [1.54, 1.807) is 0 Å². The Bertz CT molecular complexity index is 1050. The zero-order valence-electron chi connectivity index (χ0n) is 18.3. The minimum Gasteiger partial charge on any atom is -0.391 e. The van der Waals surface area contributed by atoms with Crippen molar-refractivity contribution in [1.29, 1.82) is 0 Å². The number of aliphatic hydroxyl groups is 1. The van der Waals surface area contributed by atoms with Gasteiger partial charge in [-0.3, -0.25) is 4.90 Å². The standard InChI is InChI=1S/C27H29ClN2O2/c1-20-8-5-6-13-26(20)27-16-25(32-29-27)19-30(17-22-11-7-12-23(28)14-22)18-24(31)15-21-9-3-2-4-10-21/h2-14,24-25,31H,15-19H2,1H3. The zero-order chi connectivity index (χ0) is 22.3. The normalized spacial score (nSPS) is 16.6. The Labute approximate surface area is 195 Å². The molecule has 0 amide bonds. The molecular formula is C27H29ClN2O2. The topological polar surface area (TPSA) is 45.1 Å². The van der Waals surface area contributed by atoms with E-state index in [2.05, 4.69) is 35.2 Å². The molecular weight excluding hydrogens is 420 g/mol. The van der Waals surface area contributed by atoms with Crippen LogP contribution >= 0.6 is 11.6 Å². The average molecular weight is 449 g/mol. The van der Waals surface area contributed by atoms with Crippen molar-refractivity contribution in [3.8, 4) is 0 Å². The minimum atomic E-state index is -0.477. The van der Waals surface area contributed by atoms with Gasteiger partial charge in [-0.2, -0.15) is 0 Å². The predicted octanol–water partition coefficient (Wildman–Crippen LogP) is 5.25. The third-order valence-electron chi connectivity index (χ3n) is 5.73. The van der Waals surface area contributed by atoms with Crippen molar-refractivity contribution in [3.63, 3.8) is 0 Å². The van der Waals surface area contributed by atoms with Crippen LogP contribution in [0.5, 0.6) is 0 Å². The van der Waals surface area contributed by atoms with Gasteiger partial charge in [0, 0.05) is 36.6 Å². The van der Waals surface area contributed by atoms with Gasteiger partial charge in [-0.1, -0.05) is 83.5 Å². The van der Waals surface area contributed by atoms with Crippen molar-refractivity contribution in [1.82, 2.24) is 4.90 Å². The molecule has 1 aliphatic heterocycles. The van der Waals surface area contributed by atoms with Crippen molar-refractivity contribution in [2.24, 2.45) is 5.16 Å². The fourth-order valence-electron chi connectivity index (χ4n) is 4.22. The molecule has 1 heterocycles. The van der Waals surface area contributed by atoms with Gasteiger partial charge in [0.1, 0.15) is 6.10 Å². The molecule has 166 valence electrons. The van der Waals surface area contributed by atoms with E-state index < -0.39 is 6.10 Å². The summed E-state index contributed by atoms with van der Waals surface area (Å²) in [4.78, 5) is 8.04. The van der Waals surface area contributed by atoms with Crippen LogP contribution in [0.2, 0.25) is 5.02 Å². The van der Waals surface area contributed by atoms with Crippen molar-refractivity contribution in [2.45, 2.75) is 38.5 Å². The summed E-state index contributed by atoms with van der Waals surface area (Å²) in [5, 5.41) is 15.9. The second kappa shape index (κ2) is 10.8. The highest BCUT2D eigenvalue weighted by atomic mass is 35.5. The summed E-state index contributed by atoms with van der Waals surface area (Å²) in [7, 11) is 0. The molecule has 0 fully saturated rings. The van der Waals surface area contributed by atoms with Crippen LogP contribution in [0, 0.1) is 6.92 Å². The van der Waals surface area contributed by atoms with Crippen LogP contribution in [0.3, 0.4) is 0 Å². The van der Waals surface area contributed by atoms with Gasteiger partial charge in [0.25, 0.3) is 0 Å². The maximum Gasteiger partial charge on any atom is 0.145 e. The maximum atomic E-state index is 10.8. The summed E-state index contributed by atoms with van der Waals surface area (Å²) in [5.41, 5.74) is 5.57. The number of rotatable bonds is 9. The Morgan fingerprint density at radius 3 is 2.56 bits per heavy atom. The Kier molecular flexibility index (Phi) is 7.59. The van der Waals surface area contributed by atoms with Gasteiger partial charge < -0.3 is 9.94 Å². The number of aliphatic hydroxyl groups excluding tert-OH is 1. The van der Waals surface area contributed by atoms with E-state index in [0.717, 1.165) is 33.8 Å². The molecule has 32 heavy (non-hydrogen) atoms. The lowest BCUT2D eigenvalue weighted by Gasteiger charge is -2.27. The molecule has 5 heteroatoms. The van der Waals surface area contributed by atoms with Crippen molar-refractivity contribution in [2.75, 3.05) is 13.1 Å². The van der Waals surface area contributed by atoms with E-state index in [9.17, 15) is 5.11 Å².